The van der Waals surface area contributed by atoms with Crippen LogP contribution in [-0.2, 0) is 12.2 Å². The summed E-state index contributed by atoms with van der Waals surface area (Å²) in [6.45, 7) is 2.78. The number of nitrogens with two attached hydrogens (primary N) is 1. The normalized spacial score (nSPS) is 12.5. The number of nitrogens with zero attached hydrogens (tertiary/aromatic N) is 2. The quantitative estimate of drug-likeness (QED) is 0.788. The van der Waals surface area contributed by atoms with E-state index in [0.717, 1.165) is 24.4 Å². The van der Waals surface area contributed by atoms with Gasteiger partial charge in [-0.25, -0.2) is 0 Å². The summed E-state index contributed by atoms with van der Waals surface area (Å²) in [6.07, 6.45) is 1.81. The van der Waals surface area contributed by atoms with Gasteiger partial charge in [0.1, 0.15) is 0 Å². The molecule has 2 rings (SSSR count). The van der Waals surface area contributed by atoms with Gasteiger partial charge < -0.3 is 10.3 Å². The van der Waals surface area contributed by atoms with Crippen LogP contribution in [0.2, 0.25) is 0 Å². The largest absolute Gasteiger partial charge is 0.339 e. The Bertz CT molecular complexity index is 482. The van der Waals surface area contributed by atoms with Crippen LogP contribution >= 0.6 is 11.8 Å². The van der Waals surface area contributed by atoms with Gasteiger partial charge in [-0.3, -0.25) is 0 Å². The second-order valence-corrected chi connectivity index (χ2v) is 5.47. The molecule has 2 aromatic rings. The summed E-state index contributed by atoms with van der Waals surface area (Å²) < 4.78 is 5.26. The number of hydrogen-bond acceptors (Lipinski definition) is 5. The van der Waals surface area contributed by atoms with E-state index in [2.05, 4.69) is 29.2 Å². The fourth-order valence-electron chi connectivity index (χ4n) is 1.74. The Labute approximate surface area is 117 Å². The molecule has 19 heavy (non-hydrogen) atoms. The van der Waals surface area contributed by atoms with Crippen LogP contribution in [0.5, 0.6) is 0 Å². The van der Waals surface area contributed by atoms with E-state index in [1.165, 1.54) is 4.90 Å². The first-order valence-electron chi connectivity index (χ1n) is 6.51. The van der Waals surface area contributed by atoms with Gasteiger partial charge in [0.25, 0.3) is 0 Å². The summed E-state index contributed by atoms with van der Waals surface area (Å²) in [6, 6.07) is 10.2. The number of benzene rings is 1. The van der Waals surface area contributed by atoms with E-state index in [4.69, 9.17) is 10.3 Å². The Morgan fingerprint density at radius 2 is 2.11 bits per heavy atom. The van der Waals surface area contributed by atoms with Crippen LogP contribution < -0.4 is 5.73 Å². The molecule has 0 bridgehead atoms. The summed E-state index contributed by atoms with van der Waals surface area (Å²) in [5.41, 5.74) is 5.68. The van der Waals surface area contributed by atoms with E-state index in [-0.39, 0.29) is 0 Å². The van der Waals surface area contributed by atoms with Crippen molar-refractivity contribution in [3.63, 3.8) is 0 Å². The lowest BCUT2D eigenvalue weighted by atomic mass is 10.0. The summed E-state index contributed by atoms with van der Waals surface area (Å²) in [4.78, 5) is 5.62. The molecular weight excluding hydrogens is 258 g/mol. The van der Waals surface area contributed by atoms with Gasteiger partial charge in [-0.2, -0.15) is 4.98 Å². The van der Waals surface area contributed by atoms with Crippen molar-refractivity contribution in [3.05, 3.63) is 42.0 Å². The zero-order valence-electron chi connectivity index (χ0n) is 11.1. The van der Waals surface area contributed by atoms with Crippen LogP contribution in [0.4, 0.5) is 0 Å². The minimum Gasteiger partial charge on any atom is -0.339 e. The van der Waals surface area contributed by atoms with Crippen molar-refractivity contribution in [2.24, 2.45) is 11.7 Å². The lowest BCUT2D eigenvalue weighted by molar-refractivity contribution is 0.348. The molecule has 0 saturated carbocycles. The van der Waals surface area contributed by atoms with Crippen molar-refractivity contribution in [2.45, 2.75) is 30.4 Å². The van der Waals surface area contributed by atoms with Crippen molar-refractivity contribution in [2.75, 3.05) is 6.54 Å². The van der Waals surface area contributed by atoms with E-state index < -0.39 is 0 Å². The Kier molecular flexibility index (Phi) is 5.42. The third-order valence-corrected chi connectivity index (χ3v) is 4.00. The number of hydrogen-bond donors (Lipinski definition) is 1. The summed E-state index contributed by atoms with van der Waals surface area (Å²) in [5.74, 6) is 2.60. The molecule has 0 aliphatic carbocycles. The first-order chi connectivity index (χ1) is 9.31. The maximum Gasteiger partial charge on any atom is 0.226 e. The van der Waals surface area contributed by atoms with E-state index in [0.29, 0.717) is 18.4 Å². The molecule has 1 unspecified atom stereocenters. The van der Waals surface area contributed by atoms with Gasteiger partial charge in [-0.05, 0) is 24.6 Å². The standard InChI is InChI=1S/C14H19N3OS/c1-2-11(9-15)8-14-16-13(17-18-14)10-19-12-6-4-3-5-7-12/h3-7,11H,2,8-10,15H2,1H3. The highest BCUT2D eigenvalue weighted by Crippen LogP contribution is 2.21. The monoisotopic (exact) mass is 277 g/mol. The molecule has 0 amide bonds. The third-order valence-electron chi connectivity index (χ3n) is 3.00. The highest BCUT2D eigenvalue weighted by molar-refractivity contribution is 7.98. The average Bonchev–Trinajstić information content (AvgIpc) is 2.91. The first kappa shape index (κ1) is 14.1. The van der Waals surface area contributed by atoms with E-state index in [1.807, 2.05) is 18.2 Å². The molecule has 102 valence electrons. The van der Waals surface area contributed by atoms with E-state index >= 15 is 0 Å². The summed E-state index contributed by atoms with van der Waals surface area (Å²) in [5, 5.41) is 4.01. The van der Waals surface area contributed by atoms with Crippen LogP contribution in [0, 0.1) is 5.92 Å². The predicted molar refractivity (Wildman–Crippen MR) is 76.8 cm³/mol. The molecule has 0 saturated heterocycles. The SMILES string of the molecule is CCC(CN)Cc1nc(CSc2ccccc2)no1. The second-order valence-electron chi connectivity index (χ2n) is 4.42. The molecule has 0 aliphatic heterocycles. The van der Waals surface area contributed by atoms with E-state index in [1.54, 1.807) is 11.8 Å². The lowest BCUT2D eigenvalue weighted by Crippen LogP contribution is -2.16. The maximum absolute atomic E-state index is 5.68. The van der Waals surface area contributed by atoms with E-state index in [9.17, 15) is 0 Å². The molecular formula is C14H19N3OS. The number of aromatic nitrogens is 2. The van der Waals surface area contributed by atoms with Crippen molar-refractivity contribution in [1.82, 2.24) is 10.1 Å². The third kappa shape index (κ3) is 4.36. The summed E-state index contributed by atoms with van der Waals surface area (Å²) in [7, 11) is 0. The smallest absolute Gasteiger partial charge is 0.226 e. The van der Waals surface area contributed by atoms with Gasteiger partial charge in [-0.1, -0.05) is 36.7 Å². The van der Waals surface area contributed by atoms with Gasteiger partial charge in [0.15, 0.2) is 5.82 Å². The molecule has 5 heteroatoms. The molecule has 1 atom stereocenters. The molecule has 0 aliphatic rings. The fraction of sp³-hybridized carbons (Fsp3) is 0.429. The molecule has 1 aromatic carbocycles. The van der Waals surface area contributed by atoms with Crippen LogP contribution in [-0.4, -0.2) is 16.7 Å². The van der Waals surface area contributed by atoms with Crippen molar-refractivity contribution in [3.8, 4) is 0 Å². The average molecular weight is 277 g/mol. The minimum atomic E-state index is 0.426. The molecule has 1 heterocycles. The molecule has 4 nitrogen and oxygen atoms in total. The lowest BCUT2D eigenvalue weighted by Gasteiger charge is -2.07. The molecule has 2 N–H and O–H groups in total. The number of thioether (sulfide) groups is 1. The van der Waals surface area contributed by atoms with Crippen LogP contribution in [0.25, 0.3) is 0 Å². The van der Waals surface area contributed by atoms with Gasteiger partial charge in [0.05, 0.1) is 5.75 Å². The minimum absolute atomic E-state index is 0.426. The predicted octanol–water partition coefficient (Wildman–Crippen LogP) is 2.89. The topological polar surface area (TPSA) is 64.9 Å². The molecule has 0 spiro atoms. The zero-order chi connectivity index (χ0) is 13.5. The second kappa shape index (κ2) is 7.31. The fourth-order valence-corrected chi connectivity index (χ4v) is 2.50. The Morgan fingerprint density at radius 1 is 1.32 bits per heavy atom. The van der Waals surface area contributed by atoms with Crippen LogP contribution in [0.3, 0.4) is 0 Å². The van der Waals surface area contributed by atoms with Crippen molar-refractivity contribution < 1.29 is 4.52 Å². The van der Waals surface area contributed by atoms with Crippen LogP contribution in [0.15, 0.2) is 39.8 Å². The number of rotatable bonds is 7. The highest BCUT2D eigenvalue weighted by atomic mass is 32.2. The van der Waals surface area contributed by atoms with Crippen molar-refractivity contribution in [1.29, 1.82) is 0 Å². The van der Waals surface area contributed by atoms with Gasteiger partial charge in [-0.15, -0.1) is 11.8 Å². The van der Waals surface area contributed by atoms with Gasteiger partial charge in [0.2, 0.25) is 5.89 Å². The van der Waals surface area contributed by atoms with Crippen LogP contribution in [0.1, 0.15) is 25.1 Å². The van der Waals surface area contributed by atoms with Crippen molar-refractivity contribution >= 4 is 11.8 Å². The molecule has 0 radical (unpaired) electrons. The van der Waals surface area contributed by atoms with Gasteiger partial charge >= 0.3 is 0 Å². The first-order valence-corrected chi connectivity index (χ1v) is 7.49. The Hall–Kier alpha value is -1.33. The Balaban J connectivity index is 1.87. The summed E-state index contributed by atoms with van der Waals surface area (Å²) >= 11 is 1.71. The maximum atomic E-state index is 5.68. The highest BCUT2D eigenvalue weighted by Gasteiger charge is 2.12. The molecule has 0 fully saturated rings. The Morgan fingerprint density at radius 3 is 2.79 bits per heavy atom. The van der Waals surface area contributed by atoms with Gasteiger partial charge in [0, 0.05) is 11.3 Å². The molecule has 1 aromatic heterocycles. The zero-order valence-corrected chi connectivity index (χ0v) is 11.9.